The van der Waals surface area contributed by atoms with Crippen LogP contribution in [-0.2, 0) is 47.9 Å². The van der Waals surface area contributed by atoms with Crippen LogP contribution in [-0.4, -0.2) is 116 Å². The number of hydrogen-bond donors (Lipinski definition) is 3. The summed E-state index contributed by atoms with van der Waals surface area (Å²) in [6.45, 7) is 20.0. The minimum Gasteiger partial charge on any atom is -0.504 e. The number of carbonyl (C=O) groups excluding carboxylic acids is 10. The molecule has 0 spiro atoms. The highest BCUT2D eigenvalue weighted by atomic mass is 35.5. The first-order valence-corrected chi connectivity index (χ1v) is 30.6. The molecule has 0 amide bonds. The van der Waals surface area contributed by atoms with Crippen LogP contribution in [0.2, 0.25) is 0 Å². The average Bonchev–Trinajstić information content (AvgIpc) is 0.872. The van der Waals surface area contributed by atoms with Crippen molar-refractivity contribution in [3.05, 3.63) is 228 Å². The molecule has 0 saturated heterocycles. The van der Waals surface area contributed by atoms with E-state index in [-0.39, 0.29) is 99.4 Å². The van der Waals surface area contributed by atoms with Crippen molar-refractivity contribution >= 4 is 106 Å². The van der Waals surface area contributed by atoms with Gasteiger partial charge in [0.1, 0.15) is 0 Å². The Kier molecular flexibility index (Phi) is 35.1. The van der Waals surface area contributed by atoms with E-state index in [1.165, 1.54) is 155 Å². The molecule has 0 radical (unpaired) electrons. The minimum atomic E-state index is -0.580. The maximum atomic E-state index is 12.3. The first-order valence-electron chi connectivity index (χ1n) is 30.2. The van der Waals surface area contributed by atoms with Gasteiger partial charge in [-0.15, -0.1) is 0 Å². The van der Waals surface area contributed by atoms with Gasteiger partial charge in [-0.05, 0) is 182 Å². The van der Waals surface area contributed by atoms with Crippen LogP contribution >= 0.6 is 11.6 Å². The quantitative estimate of drug-likeness (QED) is 0.0120. The number of phenols is 3. The molecule has 532 valence electrons. The molecule has 22 nitrogen and oxygen atoms in total. The van der Waals surface area contributed by atoms with Gasteiger partial charge in [0.25, 0.3) is 0 Å². The van der Waals surface area contributed by atoms with Crippen LogP contribution < -0.4 is 42.6 Å². The summed E-state index contributed by atoms with van der Waals surface area (Å²) in [5.41, 5.74) is 4.97. The molecule has 0 aliphatic rings. The zero-order valence-corrected chi connectivity index (χ0v) is 58.5. The van der Waals surface area contributed by atoms with Crippen molar-refractivity contribution in [3.8, 4) is 69.0 Å². The molecule has 0 atom stereocenters. The van der Waals surface area contributed by atoms with E-state index >= 15 is 0 Å². The van der Waals surface area contributed by atoms with Gasteiger partial charge in [-0.25, -0.2) is 14.4 Å². The second kappa shape index (κ2) is 42.9. The summed E-state index contributed by atoms with van der Waals surface area (Å²) in [5, 5.41) is 28.2. The Morgan fingerprint density at radius 3 is 0.647 bits per heavy atom. The number of esters is 3. The lowest BCUT2D eigenvalue weighted by Gasteiger charge is -2.09. The lowest BCUT2D eigenvalue weighted by Crippen LogP contribution is -2.09. The summed E-state index contributed by atoms with van der Waals surface area (Å²) in [6.07, 6.45) is 16.1. The third-order valence-electron chi connectivity index (χ3n) is 13.0. The van der Waals surface area contributed by atoms with E-state index in [9.17, 15) is 63.3 Å². The molecular formula is C79H77ClO22. The number of benzene rings is 6. The zero-order chi connectivity index (χ0) is 76.2. The van der Waals surface area contributed by atoms with Crippen LogP contribution in [0.15, 0.2) is 194 Å². The third-order valence-corrected chi connectivity index (χ3v) is 13.3. The van der Waals surface area contributed by atoms with E-state index in [4.69, 9.17) is 54.2 Å². The number of phenolic OH excluding ortho intramolecular Hbond substituents is 3. The number of halogens is 1. The van der Waals surface area contributed by atoms with E-state index in [1.54, 1.807) is 97.9 Å². The Bertz CT molecular complexity index is 4160. The molecule has 0 bridgehead atoms. The van der Waals surface area contributed by atoms with Crippen molar-refractivity contribution in [2.45, 2.75) is 47.0 Å². The Morgan fingerprint density at radius 1 is 0.304 bits per heavy atom. The van der Waals surface area contributed by atoms with E-state index in [0.717, 1.165) is 0 Å². The van der Waals surface area contributed by atoms with E-state index < -0.39 is 34.7 Å². The summed E-state index contributed by atoms with van der Waals surface area (Å²) in [4.78, 5) is 118. The fourth-order valence-electron chi connectivity index (χ4n) is 7.57. The predicted octanol–water partition coefficient (Wildman–Crippen LogP) is 13.8. The Morgan fingerprint density at radius 2 is 0.480 bits per heavy atom. The molecule has 0 unspecified atom stereocenters. The molecule has 3 N–H and O–H groups in total. The Labute approximate surface area is 595 Å². The van der Waals surface area contributed by atoms with Crippen molar-refractivity contribution in [1.82, 2.24) is 0 Å². The first kappa shape index (κ1) is 83.5. The topological polar surface area (TPSA) is 314 Å². The molecule has 6 rings (SSSR count). The maximum Gasteiger partial charge on any atom is 0.338 e. The molecule has 6 aromatic rings. The highest BCUT2D eigenvalue weighted by molar-refractivity contribution is 6.67. The number of rotatable bonds is 31. The summed E-state index contributed by atoms with van der Waals surface area (Å²) < 4.78 is 46.3. The van der Waals surface area contributed by atoms with Crippen molar-refractivity contribution in [2.75, 3.05) is 42.7 Å². The van der Waals surface area contributed by atoms with Crippen LogP contribution in [0.4, 0.5) is 0 Å². The lowest BCUT2D eigenvalue weighted by atomic mass is 10.1. The molecule has 0 aliphatic heterocycles. The highest BCUT2D eigenvalue weighted by Crippen LogP contribution is 2.33. The van der Waals surface area contributed by atoms with Gasteiger partial charge in [0.05, 0.1) is 61.9 Å². The van der Waals surface area contributed by atoms with Crippen molar-refractivity contribution < 1.29 is 106 Å². The number of methoxy groups -OCH3 is 6. The van der Waals surface area contributed by atoms with Crippen molar-refractivity contribution in [3.63, 3.8) is 0 Å². The van der Waals surface area contributed by atoms with Gasteiger partial charge in [-0.1, -0.05) is 99.2 Å². The van der Waals surface area contributed by atoms with Crippen LogP contribution in [0.25, 0.3) is 36.5 Å². The normalized spacial score (nSPS) is 10.7. The first-order chi connectivity index (χ1) is 48.3. The highest BCUT2D eigenvalue weighted by Gasteiger charge is 2.16. The number of allylic oxidation sites excluding steroid dienone is 7. The average molecular weight is 1410 g/mol. The summed E-state index contributed by atoms with van der Waals surface area (Å²) in [6, 6.07) is 28.3. The van der Waals surface area contributed by atoms with Crippen LogP contribution in [0.5, 0.6) is 69.0 Å². The third kappa shape index (κ3) is 30.0. The Balaban J connectivity index is 0.000000385. The minimum absolute atomic E-state index is 0.00469. The second-order valence-electron chi connectivity index (χ2n) is 21.4. The molecule has 6 aromatic carbocycles. The molecule has 0 aliphatic carbocycles. The van der Waals surface area contributed by atoms with Crippen molar-refractivity contribution in [2.24, 2.45) is 0 Å². The predicted molar refractivity (Wildman–Crippen MR) is 388 cm³/mol. The van der Waals surface area contributed by atoms with Gasteiger partial charge in [-0.3, -0.25) is 33.6 Å². The van der Waals surface area contributed by atoms with Crippen LogP contribution in [0.1, 0.15) is 80.3 Å². The number of aromatic hydroxyl groups is 3. The SMILES string of the molecule is C=C(C)C(=O)Cl.C=C(C)C(=O)Oc1ccc(/C=C\C(=O)CC(=O)/C=C\c2ccc(O)c(OC)c2)cc1OC.C=C(C)C(=O)Oc1ccc(/C=C\C(=O)CC(=O)/C=C\c2ccc(OC(=O)C(=C)C)c(OC)c2)cc1OC.COc1cc(/C=C\C(=O)CC(=O)/C=C\c2ccc(O)c(OC)c2)ccc1O. The molecule has 102 heavy (non-hydrogen) atoms. The molecule has 0 saturated carbocycles. The number of ketones is 6. The van der Waals surface area contributed by atoms with Crippen molar-refractivity contribution in [1.29, 1.82) is 0 Å². The van der Waals surface area contributed by atoms with Crippen LogP contribution in [0, 0.1) is 0 Å². The Hall–Kier alpha value is -12.7. The number of ether oxygens (including phenoxy) is 9. The standard InChI is InChI=1S/C29H28O8.C25H24O7.C21H20O6.C4H5ClO/c1-18(2)28(32)36-24-13-9-20(15-26(24)34-5)7-11-22(30)17-23(31)12-8-21-10-14-25(27(16-21)35-6)37-29(33)19(3)4;1-16(2)25(29)32-22-12-8-18(14-24(22)31-4)6-10-20(27)15-19(26)9-5-17-7-11-21(28)23(13-17)30-3;1-26-20-11-14(5-9-18(20)24)3-7-16(22)13-17(23)8-4-15-6-10-19(25)21(12-15)27-2;1-3(2)4(5)6/h7-16H,1,3,17H2,2,4-6H3;5-14,28H,1,15H2,2-4H3;3-12,24-25H,13H2,1-2H3;1H2,2H3/b11-7-,12-8-;9-5-,10-6-;7-3-,8-4-;. The fourth-order valence-corrected chi connectivity index (χ4v) is 7.57. The molecular weight excluding hydrogens is 1340 g/mol. The van der Waals surface area contributed by atoms with Crippen LogP contribution in [0.3, 0.4) is 0 Å². The second-order valence-corrected chi connectivity index (χ2v) is 21.8. The van der Waals surface area contributed by atoms with E-state index in [2.05, 4.69) is 26.3 Å². The van der Waals surface area contributed by atoms with Gasteiger partial charge in [-0.2, -0.15) is 0 Å². The number of hydrogen-bond acceptors (Lipinski definition) is 22. The fraction of sp³-hybridized carbons (Fsp3) is 0.165. The van der Waals surface area contributed by atoms with E-state index in [0.29, 0.717) is 67.7 Å². The summed E-state index contributed by atoms with van der Waals surface area (Å²) >= 11 is 4.87. The monoisotopic (exact) mass is 1410 g/mol. The lowest BCUT2D eigenvalue weighted by molar-refractivity contribution is -0.131. The summed E-state index contributed by atoms with van der Waals surface area (Å²) in [5.74, 6) is -1.47. The number of carbonyl (C=O) groups is 10. The summed E-state index contributed by atoms with van der Waals surface area (Å²) in [7, 11) is 8.58. The molecule has 0 heterocycles. The molecule has 0 fully saturated rings. The van der Waals surface area contributed by atoms with E-state index in [1.807, 2.05) is 0 Å². The largest absolute Gasteiger partial charge is 0.504 e. The smallest absolute Gasteiger partial charge is 0.338 e. The molecule has 23 heteroatoms. The zero-order valence-electron chi connectivity index (χ0n) is 57.7. The maximum absolute atomic E-state index is 12.3. The van der Waals surface area contributed by atoms with Gasteiger partial charge >= 0.3 is 17.9 Å². The van der Waals surface area contributed by atoms with Gasteiger partial charge in [0.2, 0.25) is 5.24 Å². The van der Waals surface area contributed by atoms with Gasteiger partial charge in [0.15, 0.2) is 104 Å². The van der Waals surface area contributed by atoms with Gasteiger partial charge < -0.3 is 58.0 Å². The molecule has 0 aromatic heterocycles. The van der Waals surface area contributed by atoms with Gasteiger partial charge in [0, 0.05) is 22.3 Å².